The van der Waals surface area contributed by atoms with Gasteiger partial charge in [0.1, 0.15) is 0 Å². The summed E-state index contributed by atoms with van der Waals surface area (Å²) in [4.78, 5) is 0.353. The maximum absolute atomic E-state index is 13.0. The van der Waals surface area contributed by atoms with Crippen LogP contribution in [0.4, 0.5) is 5.69 Å². The van der Waals surface area contributed by atoms with Crippen molar-refractivity contribution in [1.82, 2.24) is 9.62 Å². The van der Waals surface area contributed by atoms with Crippen molar-refractivity contribution in [3.63, 3.8) is 0 Å². The molecule has 0 saturated carbocycles. The minimum atomic E-state index is -3.47. The van der Waals surface area contributed by atoms with Gasteiger partial charge < -0.3 is 15.4 Å². The van der Waals surface area contributed by atoms with E-state index in [1.165, 1.54) is 0 Å². The summed E-state index contributed by atoms with van der Waals surface area (Å²) in [5.41, 5.74) is 1.43. The molecule has 2 aliphatic rings. The molecule has 8 heteroatoms. The third-order valence-electron chi connectivity index (χ3n) is 4.89. The predicted octanol–water partition coefficient (Wildman–Crippen LogP) is 2.64. The summed E-state index contributed by atoms with van der Waals surface area (Å²) in [5, 5.41) is 6.71. The number of hydrogen-bond acceptors (Lipinski definition) is 4. The molecule has 1 atom stereocenters. The summed E-state index contributed by atoms with van der Waals surface area (Å²) in [6, 6.07) is 5.35. The van der Waals surface area contributed by atoms with Crippen molar-refractivity contribution in [2.75, 3.05) is 31.6 Å². The van der Waals surface area contributed by atoms with Crippen molar-refractivity contribution in [2.24, 2.45) is 0 Å². The second-order valence-electron chi connectivity index (χ2n) is 6.92. The Morgan fingerprint density at radius 3 is 2.73 bits per heavy atom. The van der Waals surface area contributed by atoms with Crippen molar-refractivity contribution >= 4 is 33.0 Å². The standard InChI is InChI=1S/C18H27N3O3S2/c1-14-7-8-15(20-18(25)19-13-16-6-5-11-24-16)12-17(14)26(22,23)21-9-3-2-4-10-21/h7-8,12,16H,2-6,9-11,13H2,1H3,(H2,19,20,25). The highest BCUT2D eigenvalue weighted by molar-refractivity contribution is 7.89. The van der Waals surface area contributed by atoms with Gasteiger partial charge in [0.05, 0.1) is 11.0 Å². The lowest BCUT2D eigenvalue weighted by atomic mass is 10.2. The molecule has 1 aromatic carbocycles. The number of anilines is 1. The fourth-order valence-corrected chi connectivity index (χ4v) is 5.36. The summed E-state index contributed by atoms with van der Waals surface area (Å²) in [7, 11) is -3.47. The molecule has 2 N–H and O–H groups in total. The van der Waals surface area contributed by atoms with Crippen LogP contribution in [0.1, 0.15) is 37.7 Å². The number of hydrogen-bond donors (Lipinski definition) is 2. The Bertz CT molecular complexity index is 740. The first-order valence-corrected chi connectivity index (χ1v) is 11.1. The lowest BCUT2D eigenvalue weighted by Gasteiger charge is -2.26. The van der Waals surface area contributed by atoms with E-state index >= 15 is 0 Å². The lowest BCUT2D eigenvalue weighted by Crippen LogP contribution is -2.36. The van der Waals surface area contributed by atoms with Gasteiger partial charge in [0.25, 0.3) is 0 Å². The van der Waals surface area contributed by atoms with E-state index in [1.807, 2.05) is 19.1 Å². The van der Waals surface area contributed by atoms with Gasteiger partial charge in [0, 0.05) is 31.9 Å². The van der Waals surface area contributed by atoms with Crippen molar-refractivity contribution in [2.45, 2.75) is 50.0 Å². The van der Waals surface area contributed by atoms with E-state index in [0.29, 0.717) is 35.3 Å². The molecule has 2 fully saturated rings. The molecule has 144 valence electrons. The second kappa shape index (κ2) is 8.65. The predicted molar refractivity (Wildman–Crippen MR) is 107 cm³/mol. The number of aryl methyl sites for hydroxylation is 1. The van der Waals surface area contributed by atoms with E-state index < -0.39 is 10.0 Å². The van der Waals surface area contributed by atoms with E-state index in [4.69, 9.17) is 17.0 Å². The maximum Gasteiger partial charge on any atom is 0.243 e. The molecule has 2 heterocycles. The molecule has 0 spiro atoms. The fourth-order valence-electron chi connectivity index (χ4n) is 3.39. The van der Waals surface area contributed by atoms with Crippen LogP contribution in [0.25, 0.3) is 0 Å². The lowest BCUT2D eigenvalue weighted by molar-refractivity contribution is 0.114. The minimum absolute atomic E-state index is 0.197. The summed E-state index contributed by atoms with van der Waals surface area (Å²) in [6.07, 6.45) is 5.27. The van der Waals surface area contributed by atoms with E-state index in [-0.39, 0.29) is 6.10 Å². The smallest absolute Gasteiger partial charge is 0.243 e. The first-order chi connectivity index (χ1) is 12.5. The van der Waals surface area contributed by atoms with Crippen LogP contribution in [0.2, 0.25) is 0 Å². The van der Waals surface area contributed by atoms with Crippen LogP contribution in [-0.4, -0.2) is 50.2 Å². The van der Waals surface area contributed by atoms with Crippen LogP contribution in [0, 0.1) is 6.92 Å². The SMILES string of the molecule is Cc1ccc(NC(=S)NCC2CCCO2)cc1S(=O)(=O)N1CCCCC1. The number of nitrogens with zero attached hydrogens (tertiary/aromatic N) is 1. The molecular formula is C18H27N3O3S2. The van der Waals surface area contributed by atoms with Gasteiger partial charge >= 0.3 is 0 Å². The van der Waals surface area contributed by atoms with Crippen molar-refractivity contribution in [3.8, 4) is 0 Å². The number of ether oxygens (including phenoxy) is 1. The first-order valence-electron chi connectivity index (χ1n) is 9.24. The number of rotatable bonds is 5. The number of sulfonamides is 1. The van der Waals surface area contributed by atoms with Gasteiger partial charge in [0.15, 0.2) is 5.11 Å². The van der Waals surface area contributed by atoms with Crippen LogP contribution in [-0.2, 0) is 14.8 Å². The average Bonchev–Trinajstić information content (AvgIpc) is 3.16. The molecule has 0 amide bonds. The van der Waals surface area contributed by atoms with Gasteiger partial charge in [-0.05, 0) is 62.5 Å². The zero-order valence-corrected chi connectivity index (χ0v) is 16.8. The summed E-state index contributed by atoms with van der Waals surface area (Å²) >= 11 is 5.33. The third kappa shape index (κ3) is 4.73. The van der Waals surface area contributed by atoms with E-state index in [0.717, 1.165) is 44.3 Å². The second-order valence-corrected chi connectivity index (χ2v) is 9.23. The Balaban J connectivity index is 1.67. The zero-order chi connectivity index (χ0) is 18.6. The van der Waals surface area contributed by atoms with Crippen molar-refractivity contribution < 1.29 is 13.2 Å². The van der Waals surface area contributed by atoms with Gasteiger partial charge in [0.2, 0.25) is 10.0 Å². The Hall–Kier alpha value is -1.22. The highest BCUT2D eigenvalue weighted by Crippen LogP contribution is 2.26. The fraction of sp³-hybridized carbons (Fsp3) is 0.611. The first kappa shape index (κ1) is 19.5. The van der Waals surface area contributed by atoms with Gasteiger partial charge in [-0.3, -0.25) is 0 Å². The van der Waals surface area contributed by atoms with Gasteiger partial charge in [-0.25, -0.2) is 8.42 Å². The summed E-state index contributed by atoms with van der Waals surface area (Å²) < 4.78 is 33.1. The summed E-state index contributed by atoms with van der Waals surface area (Å²) in [5.74, 6) is 0. The number of piperidine rings is 1. The highest BCUT2D eigenvalue weighted by atomic mass is 32.2. The molecule has 1 unspecified atom stereocenters. The van der Waals surface area contributed by atoms with Crippen molar-refractivity contribution in [3.05, 3.63) is 23.8 Å². The van der Waals surface area contributed by atoms with Crippen molar-refractivity contribution in [1.29, 1.82) is 0 Å². The molecule has 0 bridgehead atoms. The Morgan fingerprint density at radius 2 is 2.04 bits per heavy atom. The van der Waals surface area contributed by atoms with E-state index in [9.17, 15) is 8.42 Å². The highest BCUT2D eigenvalue weighted by Gasteiger charge is 2.27. The summed E-state index contributed by atoms with van der Waals surface area (Å²) in [6.45, 7) is 4.50. The monoisotopic (exact) mass is 397 g/mol. The number of thiocarbonyl (C=S) groups is 1. The number of benzene rings is 1. The van der Waals surface area contributed by atoms with Gasteiger partial charge in [-0.2, -0.15) is 4.31 Å². The minimum Gasteiger partial charge on any atom is -0.376 e. The average molecular weight is 398 g/mol. The largest absolute Gasteiger partial charge is 0.376 e. The van der Waals surface area contributed by atoms with Gasteiger partial charge in [-0.15, -0.1) is 0 Å². The Kier molecular flexibility index (Phi) is 6.50. The molecule has 0 radical (unpaired) electrons. The van der Waals surface area contributed by atoms with E-state index in [2.05, 4.69) is 10.6 Å². The van der Waals surface area contributed by atoms with Crippen LogP contribution < -0.4 is 10.6 Å². The van der Waals surface area contributed by atoms with Crippen LogP contribution in [0.3, 0.4) is 0 Å². The molecule has 2 aliphatic heterocycles. The Labute approximate surface area is 161 Å². The van der Waals surface area contributed by atoms with Crippen LogP contribution in [0.5, 0.6) is 0 Å². The molecule has 1 aromatic rings. The normalized spacial score (nSPS) is 21.5. The zero-order valence-electron chi connectivity index (χ0n) is 15.2. The Morgan fingerprint density at radius 1 is 1.27 bits per heavy atom. The van der Waals surface area contributed by atoms with Crippen LogP contribution >= 0.6 is 12.2 Å². The van der Waals surface area contributed by atoms with Gasteiger partial charge in [-0.1, -0.05) is 12.5 Å². The molecule has 26 heavy (non-hydrogen) atoms. The quantitative estimate of drug-likeness (QED) is 0.745. The molecular weight excluding hydrogens is 370 g/mol. The topological polar surface area (TPSA) is 70.7 Å². The molecule has 2 saturated heterocycles. The molecule has 3 rings (SSSR count). The van der Waals surface area contributed by atoms with Crippen LogP contribution in [0.15, 0.2) is 23.1 Å². The molecule has 0 aliphatic carbocycles. The maximum atomic E-state index is 13.0. The molecule has 6 nitrogen and oxygen atoms in total. The number of nitrogens with one attached hydrogen (secondary N) is 2. The molecule has 0 aromatic heterocycles. The van der Waals surface area contributed by atoms with E-state index in [1.54, 1.807) is 10.4 Å². The third-order valence-corrected chi connectivity index (χ3v) is 7.18.